The molecule has 0 bridgehead atoms. The van der Waals surface area contributed by atoms with E-state index in [2.05, 4.69) is 52.0 Å². The fourth-order valence-corrected chi connectivity index (χ4v) is 4.85. The summed E-state index contributed by atoms with van der Waals surface area (Å²) < 4.78 is 4.34. The first kappa shape index (κ1) is 12.2. The van der Waals surface area contributed by atoms with Gasteiger partial charge in [0, 0.05) is 19.7 Å². The minimum Gasteiger partial charge on any atom is -0.139 e. The highest BCUT2D eigenvalue weighted by molar-refractivity contribution is 7.32. The molecule has 0 nitrogen and oxygen atoms in total. The predicted octanol–water partition coefficient (Wildman–Crippen LogP) is 6.01. The van der Waals surface area contributed by atoms with Crippen molar-refractivity contribution in [2.45, 2.75) is 34.1 Å². The minimum atomic E-state index is 0.355. The van der Waals surface area contributed by atoms with Gasteiger partial charge in [0.1, 0.15) is 0 Å². The molecule has 0 N–H and O–H groups in total. The minimum absolute atomic E-state index is 0.355. The van der Waals surface area contributed by atoms with E-state index < -0.39 is 0 Å². The van der Waals surface area contributed by atoms with Gasteiger partial charge in [-0.25, -0.2) is 0 Å². The highest BCUT2D eigenvalue weighted by atomic mass is 32.1. The summed E-state index contributed by atoms with van der Waals surface area (Å²) in [5.41, 5.74) is 1.81. The Kier molecular flexibility index (Phi) is 2.76. The van der Waals surface area contributed by atoms with Gasteiger partial charge in [-0.3, -0.25) is 0 Å². The lowest BCUT2D eigenvalue weighted by atomic mass is 9.88. The number of rotatable bonds is 1. The lowest BCUT2D eigenvalue weighted by molar-refractivity contribution is 0.411. The molecule has 2 aromatic heterocycles. The molecular formula is C16H18S2. The number of hydrogen-bond acceptors (Lipinski definition) is 2. The van der Waals surface area contributed by atoms with Crippen molar-refractivity contribution >= 4 is 42.2 Å². The second-order valence-corrected chi connectivity index (χ2v) is 8.56. The van der Waals surface area contributed by atoms with Crippen LogP contribution in [0.25, 0.3) is 19.5 Å². The molecule has 3 rings (SSSR count). The second-order valence-electron chi connectivity index (χ2n) is 6.22. The largest absolute Gasteiger partial charge is 0.139 e. The van der Waals surface area contributed by atoms with Gasteiger partial charge in [0.25, 0.3) is 0 Å². The van der Waals surface area contributed by atoms with Gasteiger partial charge < -0.3 is 0 Å². The average Bonchev–Trinajstić information content (AvgIpc) is 2.72. The number of benzene rings is 1. The Morgan fingerprint density at radius 2 is 1.78 bits per heavy atom. The third-order valence-corrected chi connectivity index (χ3v) is 5.39. The van der Waals surface area contributed by atoms with Gasteiger partial charge >= 0.3 is 0 Å². The molecule has 1 aromatic carbocycles. The van der Waals surface area contributed by atoms with E-state index in [1.54, 1.807) is 0 Å². The molecule has 0 aliphatic heterocycles. The van der Waals surface area contributed by atoms with E-state index in [4.69, 9.17) is 0 Å². The topological polar surface area (TPSA) is 0 Å². The maximum absolute atomic E-state index is 2.40. The first-order chi connectivity index (χ1) is 8.42. The molecule has 2 heterocycles. The zero-order valence-corrected chi connectivity index (χ0v) is 13.0. The van der Waals surface area contributed by atoms with Crippen molar-refractivity contribution in [3.05, 3.63) is 34.7 Å². The van der Waals surface area contributed by atoms with Crippen LogP contribution in [-0.4, -0.2) is 0 Å². The van der Waals surface area contributed by atoms with Gasteiger partial charge in [-0.1, -0.05) is 26.8 Å². The van der Waals surface area contributed by atoms with Crippen molar-refractivity contribution in [2.75, 3.05) is 0 Å². The summed E-state index contributed by atoms with van der Waals surface area (Å²) in [4.78, 5) is 1.42. The van der Waals surface area contributed by atoms with E-state index in [0.717, 1.165) is 6.42 Å². The fourth-order valence-electron chi connectivity index (χ4n) is 2.44. The third-order valence-electron chi connectivity index (χ3n) is 3.06. The van der Waals surface area contributed by atoms with Crippen molar-refractivity contribution < 1.29 is 0 Å². The number of fused-ring (bicyclic) bond motifs is 3. The maximum Gasteiger partial charge on any atom is 0.0532 e. The molecule has 0 aliphatic rings. The van der Waals surface area contributed by atoms with Crippen LogP contribution in [0.2, 0.25) is 0 Å². The molecule has 0 fully saturated rings. The first-order valence-electron chi connectivity index (χ1n) is 6.34. The highest BCUT2D eigenvalue weighted by Crippen LogP contribution is 2.40. The van der Waals surface area contributed by atoms with Crippen molar-refractivity contribution in [3.8, 4) is 0 Å². The Morgan fingerprint density at radius 3 is 2.50 bits per heavy atom. The zero-order chi connectivity index (χ0) is 12.9. The maximum atomic E-state index is 2.40. The normalized spacial score (nSPS) is 12.7. The molecule has 0 aliphatic carbocycles. The summed E-state index contributed by atoms with van der Waals surface area (Å²) in [6.07, 6.45) is 1.14. The molecule has 94 valence electrons. The summed E-state index contributed by atoms with van der Waals surface area (Å²) in [5.74, 6) is 0. The van der Waals surface area contributed by atoms with E-state index in [0.29, 0.717) is 5.41 Å². The van der Waals surface area contributed by atoms with E-state index in [1.807, 2.05) is 22.7 Å². The standard InChI is InChI=1S/C16H18S2/c1-10-7-14-15(17-10)12-8-11(9-16(2,3)4)5-6-13(12)18-14/h5-8H,9H2,1-4H3. The number of hydrogen-bond donors (Lipinski definition) is 0. The summed E-state index contributed by atoms with van der Waals surface area (Å²) in [7, 11) is 0. The Labute approximate surface area is 116 Å². The van der Waals surface area contributed by atoms with Gasteiger partial charge in [-0.15, -0.1) is 22.7 Å². The van der Waals surface area contributed by atoms with Crippen LogP contribution >= 0.6 is 22.7 Å². The van der Waals surface area contributed by atoms with Crippen molar-refractivity contribution in [1.29, 1.82) is 0 Å². The van der Waals surface area contributed by atoms with Crippen LogP contribution in [0.1, 0.15) is 31.2 Å². The molecule has 0 radical (unpaired) electrons. The molecule has 0 spiro atoms. The highest BCUT2D eigenvalue weighted by Gasteiger charge is 2.13. The number of thiophene rings is 2. The molecule has 0 unspecified atom stereocenters. The van der Waals surface area contributed by atoms with Crippen LogP contribution in [-0.2, 0) is 6.42 Å². The molecule has 2 heteroatoms. The molecule has 3 aromatic rings. The molecule has 18 heavy (non-hydrogen) atoms. The van der Waals surface area contributed by atoms with E-state index in [1.165, 1.54) is 29.9 Å². The Bertz CT molecular complexity index is 708. The van der Waals surface area contributed by atoms with Gasteiger partial charge in [-0.05, 0) is 42.5 Å². The Morgan fingerprint density at radius 1 is 1.00 bits per heavy atom. The lowest BCUT2D eigenvalue weighted by Gasteiger charge is -2.18. The van der Waals surface area contributed by atoms with Gasteiger partial charge in [0.15, 0.2) is 0 Å². The van der Waals surface area contributed by atoms with Gasteiger partial charge in [-0.2, -0.15) is 0 Å². The SMILES string of the molecule is Cc1cc2sc3ccc(CC(C)(C)C)cc3c2s1. The molecular weight excluding hydrogens is 256 g/mol. The summed E-state index contributed by atoms with van der Waals surface area (Å²) in [6, 6.07) is 9.30. The molecule has 0 saturated carbocycles. The van der Waals surface area contributed by atoms with Crippen LogP contribution in [0, 0.1) is 12.3 Å². The van der Waals surface area contributed by atoms with E-state index in [9.17, 15) is 0 Å². The quantitative estimate of drug-likeness (QED) is 0.509. The van der Waals surface area contributed by atoms with Crippen LogP contribution < -0.4 is 0 Å². The summed E-state index contributed by atoms with van der Waals surface area (Å²) >= 11 is 3.84. The monoisotopic (exact) mass is 274 g/mol. The van der Waals surface area contributed by atoms with Crippen molar-refractivity contribution in [1.82, 2.24) is 0 Å². The Hall–Kier alpha value is -0.860. The zero-order valence-electron chi connectivity index (χ0n) is 11.3. The molecule has 0 saturated heterocycles. The van der Waals surface area contributed by atoms with Crippen LogP contribution in [0.5, 0.6) is 0 Å². The van der Waals surface area contributed by atoms with Crippen LogP contribution in [0.15, 0.2) is 24.3 Å². The van der Waals surface area contributed by atoms with Crippen molar-refractivity contribution in [3.63, 3.8) is 0 Å². The van der Waals surface area contributed by atoms with Crippen molar-refractivity contribution in [2.24, 2.45) is 5.41 Å². The molecule has 0 amide bonds. The average molecular weight is 274 g/mol. The van der Waals surface area contributed by atoms with Gasteiger partial charge in [0.2, 0.25) is 0 Å². The summed E-state index contributed by atoms with van der Waals surface area (Å²) in [6.45, 7) is 9.10. The third kappa shape index (κ3) is 2.19. The van der Waals surface area contributed by atoms with Gasteiger partial charge in [0.05, 0.1) is 4.70 Å². The summed E-state index contributed by atoms with van der Waals surface area (Å²) in [5, 5.41) is 1.45. The predicted molar refractivity (Wildman–Crippen MR) is 85.1 cm³/mol. The Balaban J connectivity index is 2.17. The number of aryl methyl sites for hydroxylation is 1. The lowest BCUT2D eigenvalue weighted by Crippen LogP contribution is -2.08. The molecule has 0 atom stereocenters. The van der Waals surface area contributed by atoms with Crippen LogP contribution in [0.3, 0.4) is 0 Å². The van der Waals surface area contributed by atoms with Crippen LogP contribution in [0.4, 0.5) is 0 Å². The second kappa shape index (κ2) is 4.07. The first-order valence-corrected chi connectivity index (χ1v) is 7.97. The smallest absolute Gasteiger partial charge is 0.0532 e. The fraction of sp³-hybridized carbons (Fsp3) is 0.375. The van der Waals surface area contributed by atoms with E-state index >= 15 is 0 Å². The van der Waals surface area contributed by atoms with E-state index in [-0.39, 0.29) is 0 Å².